The van der Waals surface area contributed by atoms with Crippen LogP contribution >= 0.6 is 11.6 Å². The number of rotatable bonds is 6. The van der Waals surface area contributed by atoms with Crippen molar-refractivity contribution >= 4 is 33.0 Å². The van der Waals surface area contributed by atoms with Crippen LogP contribution in [-0.2, 0) is 9.84 Å². The minimum atomic E-state index is -3.34. The molecule has 3 rings (SSSR count). The van der Waals surface area contributed by atoms with Crippen molar-refractivity contribution in [2.45, 2.75) is 31.8 Å². The van der Waals surface area contributed by atoms with Crippen molar-refractivity contribution in [3.8, 4) is 0 Å². The van der Waals surface area contributed by atoms with Crippen LogP contribution < -0.4 is 10.2 Å². The summed E-state index contributed by atoms with van der Waals surface area (Å²) in [5.74, 6) is -2.09. The largest absolute Gasteiger partial charge is 0.363 e. The van der Waals surface area contributed by atoms with Crippen LogP contribution in [0.5, 0.6) is 0 Å². The monoisotopic (exact) mass is 469 g/mol. The van der Waals surface area contributed by atoms with E-state index < -0.39 is 39.1 Å². The molecule has 1 N–H and O–H groups in total. The fourth-order valence-corrected chi connectivity index (χ4v) is 4.29. The van der Waals surface area contributed by atoms with Crippen LogP contribution in [0.3, 0.4) is 0 Å². The molecule has 0 radical (unpaired) electrons. The molecule has 1 aromatic carbocycles. The van der Waals surface area contributed by atoms with Gasteiger partial charge in [-0.1, -0.05) is 29.8 Å². The molecular weight excluding hydrogens is 448 g/mol. The number of nitrogens with zero attached hydrogens (tertiary/aromatic N) is 2. The highest BCUT2D eigenvalue weighted by Gasteiger charge is 2.30. The van der Waals surface area contributed by atoms with Gasteiger partial charge in [-0.15, -0.1) is 0 Å². The van der Waals surface area contributed by atoms with Gasteiger partial charge in [-0.2, -0.15) is 0 Å². The number of sulfone groups is 1. The molecule has 1 saturated heterocycles. The highest BCUT2D eigenvalue weighted by molar-refractivity contribution is 7.93. The predicted molar refractivity (Wildman–Crippen MR) is 116 cm³/mol. The van der Waals surface area contributed by atoms with Crippen molar-refractivity contribution in [3.05, 3.63) is 69.9 Å². The van der Waals surface area contributed by atoms with Crippen molar-refractivity contribution in [2.24, 2.45) is 0 Å². The Morgan fingerprint density at radius 3 is 2.77 bits per heavy atom. The van der Waals surface area contributed by atoms with Crippen LogP contribution in [0.1, 0.15) is 41.9 Å². The standard InChI is InChI=1S/C21H22ClF2N3O3S/c1-13(8-10-31(2,29)30)26-21(28)20-17(24)11-14(12-25-20)27-9-4-7-18(27)15-5-3-6-16(23)19(15)22/h3,5-6,8,10-13,18H,4,7,9H2,1-2H3,(H,26,28)/b10-8+/t13-,18+/m1/s1. The second-order valence-electron chi connectivity index (χ2n) is 7.44. The van der Waals surface area contributed by atoms with Crippen LogP contribution in [0.15, 0.2) is 41.9 Å². The highest BCUT2D eigenvalue weighted by Crippen LogP contribution is 2.39. The van der Waals surface area contributed by atoms with Gasteiger partial charge in [-0.25, -0.2) is 22.2 Å². The molecule has 6 nitrogen and oxygen atoms in total. The number of pyridine rings is 1. The molecule has 10 heteroatoms. The number of halogens is 3. The Bertz CT molecular complexity index is 1120. The molecule has 0 spiro atoms. The summed E-state index contributed by atoms with van der Waals surface area (Å²) in [5, 5.41) is 3.49. The Hall–Kier alpha value is -2.52. The average Bonchev–Trinajstić information content (AvgIpc) is 3.17. The second kappa shape index (κ2) is 9.32. The zero-order valence-electron chi connectivity index (χ0n) is 17.0. The average molecular weight is 470 g/mol. The normalized spacial score (nSPS) is 17.8. The molecule has 2 heterocycles. The van der Waals surface area contributed by atoms with E-state index in [2.05, 4.69) is 10.3 Å². The van der Waals surface area contributed by atoms with Gasteiger partial charge in [0.1, 0.15) is 5.82 Å². The summed E-state index contributed by atoms with van der Waals surface area (Å²) in [5.41, 5.74) is 0.678. The van der Waals surface area contributed by atoms with Gasteiger partial charge in [0.2, 0.25) is 0 Å². The third-order valence-corrected chi connectivity index (χ3v) is 5.99. The van der Waals surface area contributed by atoms with Crippen molar-refractivity contribution < 1.29 is 22.0 Å². The van der Waals surface area contributed by atoms with E-state index in [0.717, 1.165) is 24.5 Å². The van der Waals surface area contributed by atoms with Gasteiger partial charge in [-0.3, -0.25) is 4.79 Å². The molecule has 0 saturated carbocycles. The number of benzene rings is 1. The first-order valence-corrected chi connectivity index (χ1v) is 12.0. The smallest absolute Gasteiger partial charge is 0.273 e. The number of aromatic nitrogens is 1. The summed E-state index contributed by atoms with van der Waals surface area (Å²) in [4.78, 5) is 18.2. The molecule has 0 unspecified atom stereocenters. The molecule has 1 aliphatic rings. The summed E-state index contributed by atoms with van der Waals surface area (Å²) >= 11 is 6.14. The molecule has 31 heavy (non-hydrogen) atoms. The molecule has 1 aliphatic heterocycles. The molecule has 0 aliphatic carbocycles. The Balaban J connectivity index is 1.79. The predicted octanol–water partition coefficient (Wildman–Crippen LogP) is 4.03. The maximum Gasteiger partial charge on any atom is 0.273 e. The second-order valence-corrected chi connectivity index (χ2v) is 9.75. The maximum absolute atomic E-state index is 14.7. The van der Waals surface area contributed by atoms with Crippen molar-refractivity contribution in [1.82, 2.24) is 10.3 Å². The lowest BCUT2D eigenvalue weighted by molar-refractivity contribution is 0.0937. The van der Waals surface area contributed by atoms with E-state index in [4.69, 9.17) is 11.6 Å². The van der Waals surface area contributed by atoms with E-state index in [0.29, 0.717) is 17.8 Å². The Labute approximate surface area is 184 Å². The molecule has 2 aromatic rings. The van der Waals surface area contributed by atoms with Crippen LogP contribution in [0, 0.1) is 11.6 Å². The first-order valence-electron chi connectivity index (χ1n) is 9.62. The van der Waals surface area contributed by atoms with Crippen molar-refractivity contribution in [2.75, 3.05) is 17.7 Å². The van der Waals surface area contributed by atoms with Crippen LogP contribution in [0.2, 0.25) is 5.02 Å². The van der Waals surface area contributed by atoms with E-state index in [9.17, 15) is 22.0 Å². The number of hydrogen-bond donors (Lipinski definition) is 1. The molecule has 2 atom stereocenters. The lowest BCUT2D eigenvalue weighted by Gasteiger charge is -2.28. The summed E-state index contributed by atoms with van der Waals surface area (Å²) in [6.07, 6.45) is 5.24. The number of carbonyl (C=O) groups is 1. The third-order valence-electron chi connectivity index (χ3n) is 4.94. The maximum atomic E-state index is 14.7. The van der Waals surface area contributed by atoms with Crippen molar-refractivity contribution in [1.29, 1.82) is 0 Å². The van der Waals surface area contributed by atoms with E-state index >= 15 is 0 Å². The van der Waals surface area contributed by atoms with E-state index in [1.165, 1.54) is 24.4 Å². The number of nitrogens with one attached hydrogen (secondary N) is 1. The van der Waals surface area contributed by atoms with Gasteiger partial charge in [0, 0.05) is 30.3 Å². The Morgan fingerprint density at radius 2 is 2.10 bits per heavy atom. The van der Waals surface area contributed by atoms with E-state index in [1.807, 2.05) is 4.90 Å². The fourth-order valence-electron chi connectivity index (χ4n) is 3.51. The van der Waals surface area contributed by atoms with Gasteiger partial charge < -0.3 is 10.2 Å². The third kappa shape index (κ3) is 5.59. The number of amides is 1. The summed E-state index contributed by atoms with van der Waals surface area (Å²) < 4.78 is 50.9. The summed E-state index contributed by atoms with van der Waals surface area (Å²) in [6.45, 7) is 2.17. The van der Waals surface area contributed by atoms with Gasteiger partial charge in [0.25, 0.3) is 5.91 Å². The van der Waals surface area contributed by atoms with Gasteiger partial charge in [0.15, 0.2) is 21.3 Å². The Kier molecular flexibility index (Phi) is 6.96. The molecule has 1 fully saturated rings. The first-order chi connectivity index (χ1) is 14.6. The fraction of sp³-hybridized carbons (Fsp3) is 0.333. The van der Waals surface area contributed by atoms with Gasteiger partial charge in [0.05, 0.1) is 22.9 Å². The van der Waals surface area contributed by atoms with E-state index in [1.54, 1.807) is 19.1 Å². The zero-order chi connectivity index (χ0) is 22.8. The van der Waals surface area contributed by atoms with E-state index in [-0.39, 0.29) is 11.1 Å². The van der Waals surface area contributed by atoms with Gasteiger partial charge in [-0.05, 0) is 31.4 Å². The number of hydrogen-bond acceptors (Lipinski definition) is 5. The molecule has 166 valence electrons. The van der Waals surface area contributed by atoms with Gasteiger partial charge >= 0.3 is 0 Å². The molecule has 1 amide bonds. The highest BCUT2D eigenvalue weighted by atomic mass is 35.5. The summed E-state index contributed by atoms with van der Waals surface area (Å²) in [7, 11) is -3.34. The lowest BCUT2D eigenvalue weighted by Crippen LogP contribution is -2.32. The van der Waals surface area contributed by atoms with Crippen molar-refractivity contribution in [3.63, 3.8) is 0 Å². The quantitative estimate of drug-likeness (QED) is 0.691. The Morgan fingerprint density at radius 1 is 1.35 bits per heavy atom. The topological polar surface area (TPSA) is 79.4 Å². The molecule has 0 bridgehead atoms. The lowest BCUT2D eigenvalue weighted by atomic mass is 10.0. The van der Waals surface area contributed by atoms with Crippen LogP contribution in [-0.4, -0.2) is 38.2 Å². The summed E-state index contributed by atoms with van der Waals surface area (Å²) in [6, 6.07) is 4.95. The minimum Gasteiger partial charge on any atom is -0.363 e. The van der Waals surface area contributed by atoms with Crippen LogP contribution in [0.4, 0.5) is 14.5 Å². The number of anilines is 1. The first kappa shape index (κ1) is 23.1. The SMILES string of the molecule is C[C@H](/C=C/S(C)(=O)=O)NC(=O)c1ncc(N2CCC[C@H]2c2cccc(F)c2Cl)cc1F. The number of carbonyl (C=O) groups excluding carboxylic acids is 1. The zero-order valence-corrected chi connectivity index (χ0v) is 18.6. The molecular formula is C21H22ClF2N3O3S. The minimum absolute atomic E-state index is 0.0416. The van der Waals surface area contributed by atoms with Crippen LogP contribution in [0.25, 0.3) is 0 Å². The molecule has 1 aromatic heterocycles.